The highest BCUT2D eigenvalue weighted by atomic mass is 32.1. The molecule has 0 aliphatic heterocycles. The van der Waals surface area contributed by atoms with E-state index in [1.165, 1.54) is 16.0 Å². The van der Waals surface area contributed by atoms with E-state index in [9.17, 15) is 9.59 Å². The van der Waals surface area contributed by atoms with E-state index < -0.39 is 6.09 Å². The molecular weight excluding hydrogens is 591 g/mol. The number of amides is 1. The fraction of sp³-hybridized carbons (Fsp3) is 0.205. The largest absolute Gasteiger partial charge is 0.448 e. The van der Waals surface area contributed by atoms with Crippen molar-refractivity contribution >= 4 is 34.0 Å². The van der Waals surface area contributed by atoms with Gasteiger partial charge in [-0.3, -0.25) is 14.3 Å². The Morgan fingerprint density at radius 1 is 0.891 bits per heavy atom. The maximum atomic E-state index is 14.3. The molecule has 1 aliphatic rings. The molecule has 0 radical (unpaired) electrons. The summed E-state index contributed by atoms with van der Waals surface area (Å²) in [5.74, 6) is 0.602. The number of thiazole rings is 1. The first-order chi connectivity index (χ1) is 22.3. The third-order valence-electron chi connectivity index (χ3n) is 8.65. The highest BCUT2D eigenvalue weighted by molar-refractivity contribution is 7.13. The molecule has 6 aromatic rings. The molecule has 1 aliphatic carbocycles. The Labute approximate surface area is 272 Å². The van der Waals surface area contributed by atoms with Crippen molar-refractivity contribution in [1.29, 1.82) is 0 Å². The van der Waals surface area contributed by atoms with Crippen LogP contribution in [0.25, 0.3) is 43.6 Å². The van der Waals surface area contributed by atoms with Crippen LogP contribution in [0.2, 0.25) is 0 Å². The zero-order valence-corrected chi connectivity index (χ0v) is 27.2. The van der Waals surface area contributed by atoms with Gasteiger partial charge in [0.1, 0.15) is 17.4 Å². The van der Waals surface area contributed by atoms with Gasteiger partial charge in [0, 0.05) is 47.1 Å². The van der Waals surface area contributed by atoms with E-state index in [1.807, 2.05) is 85.1 Å². The van der Waals surface area contributed by atoms with Crippen LogP contribution < -0.4 is 10.5 Å². The second-order valence-corrected chi connectivity index (χ2v) is 13.1. The average Bonchev–Trinajstić information content (AvgIpc) is 3.65. The molecule has 0 bridgehead atoms. The maximum Gasteiger partial charge on any atom is 0.415 e. The van der Waals surface area contributed by atoms with Gasteiger partial charge in [0.05, 0.1) is 0 Å². The van der Waals surface area contributed by atoms with Crippen molar-refractivity contribution in [2.24, 2.45) is 5.92 Å². The summed E-state index contributed by atoms with van der Waals surface area (Å²) in [5.41, 5.74) is 8.10. The van der Waals surface area contributed by atoms with E-state index in [2.05, 4.69) is 38.1 Å². The van der Waals surface area contributed by atoms with Crippen LogP contribution in [0, 0.1) is 12.8 Å². The van der Waals surface area contributed by atoms with Crippen molar-refractivity contribution in [3.05, 3.63) is 130 Å². The maximum absolute atomic E-state index is 14.3. The minimum Gasteiger partial charge on any atom is -0.448 e. The summed E-state index contributed by atoms with van der Waals surface area (Å²) in [5, 5.41) is 4.28. The quantitative estimate of drug-likeness (QED) is 0.178. The number of anilines is 1. The number of ether oxygens (including phenoxy) is 1. The van der Waals surface area contributed by atoms with Crippen molar-refractivity contribution in [3.63, 3.8) is 0 Å². The molecule has 0 spiro atoms. The fourth-order valence-corrected chi connectivity index (χ4v) is 7.40. The van der Waals surface area contributed by atoms with Gasteiger partial charge in [0.15, 0.2) is 0 Å². The van der Waals surface area contributed by atoms with Gasteiger partial charge < -0.3 is 4.74 Å². The van der Waals surface area contributed by atoms with E-state index in [0.717, 1.165) is 43.9 Å². The molecule has 0 unspecified atom stereocenters. The number of rotatable bonds is 7. The lowest BCUT2D eigenvalue weighted by atomic mass is 9.96. The SMILES string of the molecule is Cc1csc(-c2ccc3c(=O)n(CC(C)C)c(N(C)C(=O)OCC4c5ccccc5-c5ccccc54)c(-c4ccccc4)c3c2)n1. The molecule has 2 heterocycles. The predicted octanol–water partition coefficient (Wildman–Crippen LogP) is 9.14. The van der Waals surface area contributed by atoms with Crippen LogP contribution in [0.5, 0.6) is 0 Å². The molecule has 0 saturated carbocycles. The van der Waals surface area contributed by atoms with Gasteiger partial charge in [-0.15, -0.1) is 11.3 Å². The Hall–Kier alpha value is -5.01. The van der Waals surface area contributed by atoms with E-state index in [4.69, 9.17) is 9.72 Å². The Balaban J connectivity index is 1.35. The first-order valence-corrected chi connectivity index (χ1v) is 16.5. The highest BCUT2D eigenvalue weighted by Gasteiger charge is 2.31. The topological polar surface area (TPSA) is 64.4 Å². The van der Waals surface area contributed by atoms with Gasteiger partial charge in [0.2, 0.25) is 0 Å². The van der Waals surface area contributed by atoms with Crippen molar-refractivity contribution in [3.8, 4) is 32.8 Å². The minimum absolute atomic E-state index is 0.0721. The second kappa shape index (κ2) is 12.1. The molecule has 230 valence electrons. The number of pyridine rings is 1. The lowest BCUT2D eigenvalue weighted by Crippen LogP contribution is -2.36. The second-order valence-electron chi connectivity index (χ2n) is 12.3. The molecule has 0 saturated heterocycles. The first kappa shape index (κ1) is 29.7. The van der Waals surface area contributed by atoms with Crippen LogP contribution >= 0.6 is 11.3 Å². The van der Waals surface area contributed by atoms with Crippen LogP contribution in [-0.4, -0.2) is 29.3 Å². The summed E-state index contributed by atoms with van der Waals surface area (Å²) in [6, 6.07) is 32.4. The van der Waals surface area contributed by atoms with Crippen LogP contribution in [0.15, 0.2) is 107 Å². The van der Waals surface area contributed by atoms with Gasteiger partial charge in [-0.25, -0.2) is 9.78 Å². The Kier molecular flexibility index (Phi) is 7.79. The summed E-state index contributed by atoms with van der Waals surface area (Å²) in [6.45, 7) is 6.75. The normalized spacial score (nSPS) is 12.4. The third kappa shape index (κ3) is 5.20. The van der Waals surface area contributed by atoms with E-state index in [1.54, 1.807) is 23.0 Å². The molecular formula is C39H35N3O3S. The number of carbonyl (C=O) groups is 1. The Morgan fingerprint density at radius 3 is 2.17 bits per heavy atom. The zero-order valence-electron chi connectivity index (χ0n) is 26.4. The number of fused-ring (bicyclic) bond motifs is 4. The minimum atomic E-state index is -0.512. The van der Waals surface area contributed by atoms with Crippen LogP contribution in [0.1, 0.15) is 36.6 Å². The van der Waals surface area contributed by atoms with E-state index in [-0.39, 0.29) is 24.0 Å². The molecule has 0 atom stereocenters. The fourth-order valence-electron chi connectivity index (χ4n) is 6.60. The number of aromatic nitrogens is 2. The molecule has 7 rings (SSSR count). The number of aryl methyl sites for hydroxylation is 1. The number of nitrogens with zero attached hydrogens (tertiary/aromatic N) is 3. The van der Waals surface area contributed by atoms with Crippen LogP contribution in [-0.2, 0) is 11.3 Å². The highest BCUT2D eigenvalue weighted by Crippen LogP contribution is 2.45. The summed E-state index contributed by atoms with van der Waals surface area (Å²) >= 11 is 1.57. The number of hydrogen-bond donors (Lipinski definition) is 0. The van der Waals surface area contributed by atoms with Gasteiger partial charge in [-0.1, -0.05) is 98.8 Å². The molecule has 6 nitrogen and oxygen atoms in total. The van der Waals surface area contributed by atoms with E-state index >= 15 is 0 Å². The van der Waals surface area contributed by atoms with Gasteiger partial charge >= 0.3 is 6.09 Å². The smallest absolute Gasteiger partial charge is 0.415 e. The average molecular weight is 626 g/mol. The van der Waals surface area contributed by atoms with Gasteiger partial charge in [0.25, 0.3) is 5.56 Å². The first-order valence-electron chi connectivity index (χ1n) is 15.6. The van der Waals surface area contributed by atoms with Crippen LogP contribution in [0.3, 0.4) is 0 Å². The third-order valence-corrected chi connectivity index (χ3v) is 9.66. The Morgan fingerprint density at radius 2 is 1.54 bits per heavy atom. The lowest BCUT2D eigenvalue weighted by Gasteiger charge is -2.27. The molecule has 7 heteroatoms. The summed E-state index contributed by atoms with van der Waals surface area (Å²) < 4.78 is 7.86. The summed E-state index contributed by atoms with van der Waals surface area (Å²) in [6.07, 6.45) is -0.512. The molecule has 0 N–H and O–H groups in total. The lowest BCUT2D eigenvalue weighted by molar-refractivity contribution is 0.151. The van der Waals surface area contributed by atoms with E-state index in [0.29, 0.717) is 17.7 Å². The Bertz CT molecular complexity index is 2100. The molecule has 1 amide bonds. The van der Waals surface area contributed by atoms with Gasteiger partial charge in [-0.05, 0) is 58.2 Å². The predicted molar refractivity (Wildman–Crippen MR) is 188 cm³/mol. The number of hydrogen-bond acceptors (Lipinski definition) is 5. The standard InChI is InChI=1S/C39H35N3O3S/c1-24(2)21-42-37(41(4)39(44)45-22-34-30-16-10-8-14-28(30)29-15-9-11-17-31(29)34)35(26-12-6-5-7-13-26)33-20-27(18-19-32(33)38(42)43)36-40-25(3)23-46-36/h5-20,23-24,34H,21-22H2,1-4H3. The van der Waals surface area contributed by atoms with Crippen molar-refractivity contribution in [2.75, 3.05) is 18.6 Å². The van der Waals surface area contributed by atoms with Crippen molar-refractivity contribution in [2.45, 2.75) is 33.2 Å². The van der Waals surface area contributed by atoms with Crippen LogP contribution in [0.4, 0.5) is 10.6 Å². The zero-order chi connectivity index (χ0) is 31.9. The van der Waals surface area contributed by atoms with Gasteiger partial charge in [-0.2, -0.15) is 0 Å². The summed E-state index contributed by atoms with van der Waals surface area (Å²) in [7, 11) is 1.71. The number of benzene rings is 4. The monoisotopic (exact) mass is 625 g/mol. The molecule has 4 aromatic carbocycles. The molecule has 2 aromatic heterocycles. The summed E-state index contributed by atoms with van der Waals surface area (Å²) in [4.78, 5) is 34.5. The van der Waals surface area contributed by atoms with Crippen molar-refractivity contribution in [1.82, 2.24) is 9.55 Å². The van der Waals surface area contributed by atoms with Crippen molar-refractivity contribution < 1.29 is 9.53 Å². The molecule has 0 fully saturated rings. The number of carbonyl (C=O) groups excluding carboxylic acids is 1. The molecule has 46 heavy (non-hydrogen) atoms.